The second-order valence-corrected chi connectivity index (χ2v) is 6.57. The molecular formula is C17H28N2O3. The molecule has 0 aromatic heterocycles. The van der Waals surface area contributed by atoms with Crippen LogP contribution in [0, 0.1) is 0 Å². The fourth-order valence-corrected chi connectivity index (χ4v) is 2.30. The molecule has 1 amide bonds. The van der Waals surface area contributed by atoms with Crippen molar-refractivity contribution < 1.29 is 15.0 Å². The molecule has 0 saturated carbocycles. The van der Waals surface area contributed by atoms with Gasteiger partial charge in [-0.1, -0.05) is 26.8 Å². The van der Waals surface area contributed by atoms with E-state index in [1.807, 2.05) is 17.0 Å². The summed E-state index contributed by atoms with van der Waals surface area (Å²) in [7, 11) is 0. The average Bonchev–Trinajstić information content (AvgIpc) is 2.37. The second kappa shape index (κ2) is 8.27. The molecule has 1 aromatic carbocycles. The molecule has 1 rings (SSSR count). The van der Waals surface area contributed by atoms with E-state index in [0.717, 1.165) is 16.8 Å². The summed E-state index contributed by atoms with van der Waals surface area (Å²) in [4.78, 5) is 13.3. The topological polar surface area (TPSA) is 72.8 Å². The van der Waals surface area contributed by atoms with Crippen LogP contribution in [0.1, 0.15) is 38.8 Å². The fraction of sp³-hybridized carbons (Fsp3) is 0.588. The molecule has 5 nitrogen and oxygen atoms in total. The lowest BCUT2D eigenvalue weighted by Gasteiger charge is -2.24. The number of anilines is 1. The molecule has 5 heteroatoms. The Labute approximate surface area is 133 Å². The van der Waals surface area contributed by atoms with Gasteiger partial charge in [-0.2, -0.15) is 0 Å². The minimum Gasteiger partial charge on any atom is -0.395 e. The highest BCUT2D eigenvalue weighted by molar-refractivity contribution is 5.88. The van der Waals surface area contributed by atoms with E-state index in [9.17, 15) is 4.79 Å². The first-order valence-corrected chi connectivity index (χ1v) is 7.62. The maximum atomic E-state index is 11.3. The number of carbonyl (C=O) groups excluding carboxylic acids is 1. The number of aliphatic hydroxyl groups is 2. The van der Waals surface area contributed by atoms with Gasteiger partial charge in [0.1, 0.15) is 0 Å². The van der Waals surface area contributed by atoms with Gasteiger partial charge in [-0.15, -0.1) is 0 Å². The molecule has 0 aliphatic rings. The quantitative estimate of drug-likeness (QED) is 0.717. The Bertz CT molecular complexity index is 489. The SMILES string of the molecule is CC(=O)Nc1cc(CN(CCO)CCO)cc(C(C)(C)C)c1. The zero-order chi connectivity index (χ0) is 16.8. The Kier molecular flexibility index (Phi) is 7.00. The van der Waals surface area contributed by atoms with Crippen molar-refractivity contribution in [1.29, 1.82) is 0 Å². The van der Waals surface area contributed by atoms with E-state index in [2.05, 4.69) is 32.2 Å². The summed E-state index contributed by atoms with van der Waals surface area (Å²) in [5.74, 6) is -0.0976. The molecule has 0 saturated heterocycles. The summed E-state index contributed by atoms with van der Waals surface area (Å²) >= 11 is 0. The maximum Gasteiger partial charge on any atom is 0.221 e. The maximum absolute atomic E-state index is 11.3. The third kappa shape index (κ3) is 6.13. The van der Waals surface area contributed by atoms with Crippen LogP contribution in [0.2, 0.25) is 0 Å². The van der Waals surface area contributed by atoms with Gasteiger partial charge in [-0.05, 0) is 28.7 Å². The van der Waals surface area contributed by atoms with Gasteiger partial charge in [-0.3, -0.25) is 9.69 Å². The minimum absolute atomic E-state index is 0.0258. The minimum atomic E-state index is -0.0976. The van der Waals surface area contributed by atoms with Gasteiger partial charge in [0.05, 0.1) is 13.2 Å². The highest BCUT2D eigenvalue weighted by Crippen LogP contribution is 2.27. The molecule has 0 fully saturated rings. The molecule has 0 aliphatic heterocycles. The average molecular weight is 308 g/mol. The summed E-state index contributed by atoms with van der Waals surface area (Å²) in [6, 6.07) is 6.05. The van der Waals surface area contributed by atoms with Gasteiger partial charge in [0.2, 0.25) is 5.91 Å². The molecule has 0 heterocycles. The first-order valence-electron chi connectivity index (χ1n) is 7.62. The number of nitrogens with zero attached hydrogens (tertiary/aromatic N) is 1. The molecule has 0 spiro atoms. The number of hydrogen-bond donors (Lipinski definition) is 3. The molecule has 0 aliphatic carbocycles. The van der Waals surface area contributed by atoms with Crippen LogP contribution in [0.4, 0.5) is 5.69 Å². The van der Waals surface area contributed by atoms with Crippen molar-refractivity contribution in [2.24, 2.45) is 0 Å². The van der Waals surface area contributed by atoms with Crippen LogP contribution >= 0.6 is 0 Å². The van der Waals surface area contributed by atoms with E-state index in [-0.39, 0.29) is 24.5 Å². The summed E-state index contributed by atoms with van der Waals surface area (Å²) in [6.45, 7) is 9.63. The lowest BCUT2D eigenvalue weighted by atomic mass is 9.85. The van der Waals surface area contributed by atoms with E-state index < -0.39 is 0 Å². The van der Waals surface area contributed by atoms with Crippen LogP contribution in [0.15, 0.2) is 18.2 Å². The normalized spacial score (nSPS) is 11.8. The third-order valence-corrected chi connectivity index (χ3v) is 3.42. The second-order valence-electron chi connectivity index (χ2n) is 6.57. The van der Waals surface area contributed by atoms with Crippen LogP contribution in [-0.2, 0) is 16.8 Å². The third-order valence-electron chi connectivity index (χ3n) is 3.42. The number of amides is 1. The monoisotopic (exact) mass is 308 g/mol. The zero-order valence-electron chi connectivity index (χ0n) is 14.0. The fourth-order valence-electron chi connectivity index (χ4n) is 2.30. The predicted molar refractivity (Wildman–Crippen MR) is 88.9 cm³/mol. The molecular weight excluding hydrogens is 280 g/mol. The van der Waals surface area contributed by atoms with Crippen molar-refractivity contribution >= 4 is 11.6 Å². The Balaban J connectivity index is 3.08. The largest absolute Gasteiger partial charge is 0.395 e. The number of hydrogen-bond acceptors (Lipinski definition) is 4. The number of nitrogens with one attached hydrogen (secondary N) is 1. The molecule has 22 heavy (non-hydrogen) atoms. The van der Waals surface area contributed by atoms with Crippen molar-refractivity contribution in [3.8, 4) is 0 Å². The van der Waals surface area contributed by atoms with Crippen molar-refractivity contribution in [3.63, 3.8) is 0 Å². The van der Waals surface area contributed by atoms with Crippen molar-refractivity contribution in [3.05, 3.63) is 29.3 Å². The predicted octanol–water partition coefficient (Wildman–Crippen LogP) is 1.73. The van der Waals surface area contributed by atoms with E-state index >= 15 is 0 Å². The summed E-state index contributed by atoms with van der Waals surface area (Å²) in [6.07, 6.45) is 0. The zero-order valence-corrected chi connectivity index (χ0v) is 14.0. The standard InChI is InChI=1S/C17H28N2O3/c1-13(22)18-16-10-14(9-15(11-16)17(2,3)4)12-19(5-7-20)6-8-21/h9-11,20-21H,5-8,12H2,1-4H3,(H,18,22). The van der Waals surface area contributed by atoms with Crippen molar-refractivity contribution in [2.75, 3.05) is 31.6 Å². The van der Waals surface area contributed by atoms with Crippen LogP contribution in [0.25, 0.3) is 0 Å². The summed E-state index contributed by atoms with van der Waals surface area (Å²) in [5, 5.41) is 21.1. The van der Waals surface area contributed by atoms with Crippen LogP contribution in [-0.4, -0.2) is 47.3 Å². The summed E-state index contributed by atoms with van der Waals surface area (Å²) in [5.41, 5.74) is 2.95. The Hall–Kier alpha value is -1.43. The van der Waals surface area contributed by atoms with Crippen LogP contribution in [0.5, 0.6) is 0 Å². The molecule has 124 valence electrons. The van der Waals surface area contributed by atoms with Crippen LogP contribution < -0.4 is 5.32 Å². The molecule has 0 atom stereocenters. The lowest BCUT2D eigenvalue weighted by Crippen LogP contribution is -2.29. The van der Waals surface area contributed by atoms with E-state index in [4.69, 9.17) is 10.2 Å². The molecule has 0 radical (unpaired) electrons. The van der Waals surface area contributed by atoms with E-state index in [1.165, 1.54) is 6.92 Å². The summed E-state index contributed by atoms with van der Waals surface area (Å²) < 4.78 is 0. The highest BCUT2D eigenvalue weighted by atomic mass is 16.3. The molecule has 1 aromatic rings. The first kappa shape index (κ1) is 18.6. The van der Waals surface area contributed by atoms with Crippen molar-refractivity contribution in [1.82, 2.24) is 4.90 Å². The number of carbonyl (C=O) groups is 1. The first-order chi connectivity index (χ1) is 10.3. The number of rotatable bonds is 7. The highest BCUT2D eigenvalue weighted by Gasteiger charge is 2.16. The Morgan fingerprint density at radius 3 is 2.18 bits per heavy atom. The van der Waals surface area contributed by atoms with Gasteiger partial charge in [0.25, 0.3) is 0 Å². The smallest absolute Gasteiger partial charge is 0.221 e. The van der Waals surface area contributed by atoms with Gasteiger partial charge in [0.15, 0.2) is 0 Å². The number of aliphatic hydroxyl groups excluding tert-OH is 2. The number of benzene rings is 1. The van der Waals surface area contributed by atoms with Gasteiger partial charge < -0.3 is 15.5 Å². The van der Waals surface area contributed by atoms with Gasteiger partial charge >= 0.3 is 0 Å². The van der Waals surface area contributed by atoms with Gasteiger partial charge in [-0.25, -0.2) is 0 Å². The van der Waals surface area contributed by atoms with Crippen molar-refractivity contribution in [2.45, 2.75) is 39.7 Å². The van der Waals surface area contributed by atoms with E-state index in [1.54, 1.807) is 0 Å². The molecule has 0 unspecified atom stereocenters. The Morgan fingerprint density at radius 2 is 1.73 bits per heavy atom. The van der Waals surface area contributed by atoms with E-state index in [0.29, 0.717) is 19.6 Å². The van der Waals surface area contributed by atoms with Gasteiger partial charge in [0, 0.05) is 32.2 Å². The molecule has 3 N–H and O–H groups in total. The Morgan fingerprint density at radius 1 is 1.14 bits per heavy atom. The van der Waals surface area contributed by atoms with Crippen LogP contribution in [0.3, 0.4) is 0 Å². The lowest BCUT2D eigenvalue weighted by molar-refractivity contribution is -0.114. The molecule has 0 bridgehead atoms.